The average Bonchev–Trinajstić information content (AvgIpc) is 2.80. The molecule has 6 N–H and O–H groups in total. The number of nitrogens with two attached hydrogens (primary N) is 3. The third kappa shape index (κ3) is 5.87. The predicted octanol–water partition coefficient (Wildman–Crippen LogP) is 3.37. The zero-order valence-electron chi connectivity index (χ0n) is 19.9. The molecule has 1 aliphatic rings. The van der Waals surface area contributed by atoms with Crippen LogP contribution in [0, 0.1) is 18.4 Å². The molecule has 178 valence electrons. The first-order valence-electron chi connectivity index (χ1n) is 11.4. The number of carbonyl (C=O) groups is 1. The molecule has 0 spiro atoms. The summed E-state index contributed by atoms with van der Waals surface area (Å²) in [6.07, 6.45) is 3.71. The SMILES string of the molecule is Cc1ccc(Oc2cccc(C(N)=C(C(N)=O)C(N)=NC3CCCN(C#N)C3)c2)c(C(C)C)c1. The molecule has 2 aromatic carbocycles. The van der Waals surface area contributed by atoms with Crippen molar-refractivity contribution in [3.8, 4) is 17.7 Å². The van der Waals surface area contributed by atoms with Crippen LogP contribution in [0.1, 0.15) is 49.3 Å². The summed E-state index contributed by atoms with van der Waals surface area (Å²) in [7, 11) is 0. The van der Waals surface area contributed by atoms with Gasteiger partial charge in [-0.3, -0.25) is 9.79 Å². The van der Waals surface area contributed by atoms with Crippen LogP contribution < -0.4 is 21.9 Å². The second kappa shape index (κ2) is 10.8. The maximum absolute atomic E-state index is 12.3. The van der Waals surface area contributed by atoms with E-state index in [9.17, 15) is 4.79 Å². The Balaban J connectivity index is 1.93. The maximum Gasteiger partial charge on any atom is 0.254 e. The summed E-state index contributed by atoms with van der Waals surface area (Å²) >= 11 is 0. The largest absolute Gasteiger partial charge is 0.457 e. The number of nitrogens with zero attached hydrogens (tertiary/aromatic N) is 3. The molecule has 0 aliphatic carbocycles. The molecular weight excluding hydrogens is 428 g/mol. The summed E-state index contributed by atoms with van der Waals surface area (Å²) < 4.78 is 6.17. The lowest BCUT2D eigenvalue weighted by molar-refractivity contribution is -0.114. The molecule has 1 aliphatic heterocycles. The number of hydrogen-bond donors (Lipinski definition) is 3. The van der Waals surface area contributed by atoms with Crippen LogP contribution in [0.2, 0.25) is 0 Å². The van der Waals surface area contributed by atoms with Gasteiger partial charge in [0.1, 0.15) is 22.9 Å². The Bertz CT molecular complexity index is 1160. The highest BCUT2D eigenvalue weighted by Crippen LogP contribution is 2.32. The summed E-state index contributed by atoms with van der Waals surface area (Å²) in [5.41, 5.74) is 21.1. The van der Waals surface area contributed by atoms with Gasteiger partial charge in [-0.1, -0.05) is 43.7 Å². The first kappa shape index (κ1) is 24.6. The Morgan fingerprint density at radius 2 is 1.97 bits per heavy atom. The van der Waals surface area contributed by atoms with E-state index >= 15 is 0 Å². The minimum Gasteiger partial charge on any atom is -0.457 e. The van der Waals surface area contributed by atoms with Gasteiger partial charge >= 0.3 is 0 Å². The summed E-state index contributed by atoms with van der Waals surface area (Å²) in [6.45, 7) is 7.41. The van der Waals surface area contributed by atoms with Gasteiger partial charge in [0.2, 0.25) is 0 Å². The molecule has 3 rings (SSSR count). The van der Waals surface area contributed by atoms with Crippen LogP contribution in [0.15, 0.2) is 53.0 Å². The van der Waals surface area contributed by atoms with Crippen molar-refractivity contribution in [1.29, 1.82) is 5.26 Å². The maximum atomic E-state index is 12.3. The highest BCUT2D eigenvalue weighted by molar-refractivity contribution is 6.24. The topological polar surface area (TPSA) is 144 Å². The Hall–Kier alpha value is -3.99. The fourth-order valence-electron chi connectivity index (χ4n) is 4.02. The van der Waals surface area contributed by atoms with Crippen molar-refractivity contribution in [2.24, 2.45) is 22.2 Å². The molecule has 1 amide bonds. The quantitative estimate of drug-likeness (QED) is 0.250. The van der Waals surface area contributed by atoms with Crippen LogP contribution in [0.25, 0.3) is 5.70 Å². The van der Waals surface area contributed by atoms with Gasteiger partial charge in [-0.15, -0.1) is 0 Å². The van der Waals surface area contributed by atoms with Crippen molar-refractivity contribution >= 4 is 17.4 Å². The average molecular weight is 461 g/mol. The number of hydrogen-bond acceptors (Lipinski definition) is 6. The number of nitriles is 1. The molecule has 0 radical (unpaired) electrons. The van der Waals surface area contributed by atoms with Crippen molar-refractivity contribution in [3.63, 3.8) is 0 Å². The normalized spacial score (nSPS) is 17.2. The number of aliphatic imine (C=N–C) groups is 1. The van der Waals surface area contributed by atoms with Crippen molar-refractivity contribution in [3.05, 3.63) is 64.7 Å². The third-order valence-electron chi connectivity index (χ3n) is 5.79. The fourth-order valence-corrected chi connectivity index (χ4v) is 4.02. The van der Waals surface area contributed by atoms with Crippen LogP contribution in [0.5, 0.6) is 11.5 Å². The molecule has 1 heterocycles. The molecule has 2 aromatic rings. The molecule has 34 heavy (non-hydrogen) atoms. The second-order valence-corrected chi connectivity index (χ2v) is 8.84. The van der Waals surface area contributed by atoms with Crippen LogP contribution in [0.4, 0.5) is 0 Å². The highest BCUT2D eigenvalue weighted by atomic mass is 16.5. The molecule has 1 unspecified atom stereocenters. The summed E-state index contributed by atoms with van der Waals surface area (Å²) in [5, 5.41) is 9.15. The number of primary amides is 1. The number of benzene rings is 2. The lowest BCUT2D eigenvalue weighted by atomic mass is 10.00. The molecule has 1 fully saturated rings. The number of aryl methyl sites for hydroxylation is 1. The smallest absolute Gasteiger partial charge is 0.254 e. The van der Waals surface area contributed by atoms with E-state index in [1.54, 1.807) is 23.1 Å². The predicted molar refractivity (Wildman–Crippen MR) is 134 cm³/mol. The van der Waals surface area contributed by atoms with Gasteiger partial charge in [0.05, 0.1) is 18.3 Å². The van der Waals surface area contributed by atoms with Gasteiger partial charge in [0.15, 0.2) is 6.19 Å². The first-order valence-corrected chi connectivity index (χ1v) is 11.4. The first-order chi connectivity index (χ1) is 16.2. The molecule has 1 atom stereocenters. The molecule has 0 bridgehead atoms. The zero-order valence-corrected chi connectivity index (χ0v) is 19.9. The number of piperidine rings is 1. The van der Waals surface area contributed by atoms with Gasteiger partial charge in [0.25, 0.3) is 5.91 Å². The lowest BCUT2D eigenvalue weighted by Gasteiger charge is -2.26. The lowest BCUT2D eigenvalue weighted by Crippen LogP contribution is -2.37. The van der Waals surface area contributed by atoms with Crippen LogP contribution in [-0.2, 0) is 4.79 Å². The second-order valence-electron chi connectivity index (χ2n) is 8.84. The Kier molecular flexibility index (Phi) is 7.79. The van der Waals surface area contributed by atoms with E-state index in [4.69, 9.17) is 27.2 Å². The van der Waals surface area contributed by atoms with Crippen molar-refractivity contribution in [2.75, 3.05) is 13.1 Å². The molecule has 8 heteroatoms. The standard InChI is InChI=1S/C26H32N6O2/c1-16(2)21-12-17(3)9-10-22(21)34-20-8-4-6-18(13-20)24(28)23(26(30)33)25(29)31-19-7-5-11-32(14-19)15-27/h4,6,8-10,12-13,16,19H,5,7,11,14,28H2,1-3H3,(H2,29,31)(H2,30,33). The van der Waals surface area contributed by atoms with Crippen LogP contribution in [-0.4, -0.2) is 35.8 Å². The van der Waals surface area contributed by atoms with Gasteiger partial charge in [-0.2, -0.15) is 5.26 Å². The minimum absolute atomic E-state index is 0.0262. The molecule has 8 nitrogen and oxygen atoms in total. The van der Waals surface area contributed by atoms with E-state index in [0.717, 1.165) is 29.7 Å². The Labute approximate surface area is 200 Å². The van der Waals surface area contributed by atoms with Gasteiger partial charge in [-0.25, -0.2) is 0 Å². The number of likely N-dealkylation sites (tertiary alicyclic amines) is 1. The monoisotopic (exact) mass is 460 g/mol. The van der Waals surface area contributed by atoms with Gasteiger partial charge in [0, 0.05) is 12.1 Å². The van der Waals surface area contributed by atoms with E-state index < -0.39 is 5.91 Å². The van der Waals surface area contributed by atoms with Gasteiger partial charge < -0.3 is 26.8 Å². The van der Waals surface area contributed by atoms with Crippen molar-refractivity contribution < 1.29 is 9.53 Å². The number of amidine groups is 1. The zero-order chi connectivity index (χ0) is 24.8. The molecular formula is C26H32N6O2. The fraction of sp³-hybridized carbons (Fsp3) is 0.346. The summed E-state index contributed by atoms with van der Waals surface area (Å²) in [6, 6.07) is 13.0. The number of amides is 1. The molecule has 0 saturated carbocycles. The van der Waals surface area contributed by atoms with E-state index in [1.807, 2.05) is 25.1 Å². The summed E-state index contributed by atoms with van der Waals surface area (Å²) in [4.78, 5) is 18.4. The Morgan fingerprint density at radius 1 is 1.21 bits per heavy atom. The van der Waals surface area contributed by atoms with E-state index in [2.05, 4.69) is 31.1 Å². The molecule has 1 saturated heterocycles. The number of rotatable bonds is 7. The van der Waals surface area contributed by atoms with E-state index in [-0.39, 0.29) is 29.1 Å². The van der Waals surface area contributed by atoms with Crippen LogP contribution in [0.3, 0.4) is 0 Å². The van der Waals surface area contributed by atoms with Crippen molar-refractivity contribution in [2.45, 2.75) is 45.6 Å². The number of ether oxygens (including phenoxy) is 1. The summed E-state index contributed by atoms with van der Waals surface area (Å²) in [5.74, 6) is 0.830. The van der Waals surface area contributed by atoms with E-state index in [1.165, 1.54) is 0 Å². The number of carbonyl (C=O) groups excluding carboxylic acids is 1. The molecule has 0 aromatic heterocycles. The van der Waals surface area contributed by atoms with Gasteiger partial charge in [-0.05, 0) is 49.4 Å². The highest BCUT2D eigenvalue weighted by Gasteiger charge is 2.22. The van der Waals surface area contributed by atoms with Crippen LogP contribution >= 0.6 is 0 Å². The van der Waals surface area contributed by atoms with E-state index in [0.29, 0.717) is 24.4 Å². The Morgan fingerprint density at radius 3 is 2.65 bits per heavy atom. The third-order valence-corrected chi connectivity index (χ3v) is 5.79. The minimum atomic E-state index is -0.765. The van der Waals surface area contributed by atoms with Crippen molar-refractivity contribution in [1.82, 2.24) is 4.90 Å².